The van der Waals surface area contributed by atoms with Crippen LogP contribution in [0.15, 0.2) is 0 Å². The molecule has 0 bridgehead atoms. The number of nitrogens with zero attached hydrogens (tertiary/aromatic N) is 1. The van der Waals surface area contributed by atoms with Crippen LogP contribution in [-0.4, -0.2) is 47.8 Å². The van der Waals surface area contributed by atoms with Crippen molar-refractivity contribution in [1.82, 2.24) is 10.2 Å². The molecule has 0 aliphatic heterocycles. The van der Waals surface area contributed by atoms with Crippen LogP contribution in [0, 0.1) is 5.92 Å². The van der Waals surface area contributed by atoms with Gasteiger partial charge in [0.25, 0.3) is 0 Å². The zero-order chi connectivity index (χ0) is 12.2. The molecule has 0 saturated heterocycles. The number of likely N-dealkylation sites (N-methyl/N-ethyl adjacent to an activating group) is 1. The van der Waals surface area contributed by atoms with Crippen molar-refractivity contribution in [3.8, 4) is 0 Å². The Balaban J connectivity index is 2.44. The summed E-state index contributed by atoms with van der Waals surface area (Å²) in [5.41, 5.74) is -0.133. The molecule has 1 saturated carbocycles. The monoisotopic (exact) mass is 228 g/mol. The molecule has 0 heterocycles. The maximum absolute atomic E-state index is 9.55. The molecule has 96 valence electrons. The Morgan fingerprint density at radius 1 is 1.44 bits per heavy atom. The Kier molecular flexibility index (Phi) is 5.22. The fourth-order valence-corrected chi connectivity index (χ4v) is 2.18. The maximum Gasteiger partial charge on any atom is 0.0623 e. The van der Waals surface area contributed by atoms with Gasteiger partial charge in [0.05, 0.1) is 12.1 Å². The van der Waals surface area contributed by atoms with Gasteiger partial charge in [0.2, 0.25) is 0 Å². The summed E-state index contributed by atoms with van der Waals surface area (Å²) >= 11 is 0. The van der Waals surface area contributed by atoms with Crippen LogP contribution in [0.4, 0.5) is 0 Å². The summed E-state index contributed by atoms with van der Waals surface area (Å²) in [5.74, 6) is 0.684. The van der Waals surface area contributed by atoms with E-state index in [9.17, 15) is 5.11 Å². The predicted octanol–water partition coefficient (Wildman–Crippen LogP) is 1.47. The van der Waals surface area contributed by atoms with Crippen LogP contribution >= 0.6 is 0 Å². The first-order chi connectivity index (χ1) is 7.49. The molecule has 3 nitrogen and oxygen atoms in total. The van der Waals surface area contributed by atoms with E-state index in [0.717, 1.165) is 19.6 Å². The van der Waals surface area contributed by atoms with E-state index in [1.165, 1.54) is 12.8 Å². The summed E-state index contributed by atoms with van der Waals surface area (Å²) < 4.78 is 0. The van der Waals surface area contributed by atoms with E-state index >= 15 is 0 Å². The van der Waals surface area contributed by atoms with Crippen molar-refractivity contribution in [2.24, 2.45) is 5.92 Å². The highest BCUT2D eigenvalue weighted by Crippen LogP contribution is 2.23. The molecule has 0 spiro atoms. The van der Waals surface area contributed by atoms with Gasteiger partial charge in [-0.15, -0.1) is 0 Å². The van der Waals surface area contributed by atoms with Crippen LogP contribution in [0.25, 0.3) is 0 Å². The summed E-state index contributed by atoms with van der Waals surface area (Å²) in [6.45, 7) is 12.1. The van der Waals surface area contributed by atoms with Gasteiger partial charge in [0, 0.05) is 19.1 Å². The Hall–Kier alpha value is -0.120. The Morgan fingerprint density at radius 3 is 2.44 bits per heavy atom. The second-order valence-corrected chi connectivity index (χ2v) is 5.86. The average Bonchev–Trinajstić information content (AvgIpc) is 3.00. The summed E-state index contributed by atoms with van der Waals surface area (Å²) in [7, 11) is 0. The van der Waals surface area contributed by atoms with Gasteiger partial charge in [-0.05, 0) is 32.2 Å². The highest BCUT2D eigenvalue weighted by Gasteiger charge is 2.33. The van der Waals surface area contributed by atoms with Crippen LogP contribution in [0.1, 0.15) is 40.5 Å². The van der Waals surface area contributed by atoms with E-state index in [1.54, 1.807) is 0 Å². The minimum Gasteiger partial charge on any atom is -0.394 e. The third-order valence-corrected chi connectivity index (χ3v) is 3.12. The van der Waals surface area contributed by atoms with Crippen LogP contribution < -0.4 is 5.32 Å². The van der Waals surface area contributed by atoms with Gasteiger partial charge in [-0.2, -0.15) is 0 Å². The third-order valence-electron chi connectivity index (χ3n) is 3.12. The lowest BCUT2D eigenvalue weighted by Crippen LogP contribution is -2.55. The van der Waals surface area contributed by atoms with Gasteiger partial charge in [-0.25, -0.2) is 0 Å². The highest BCUT2D eigenvalue weighted by atomic mass is 16.3. The van der Waals surface area contributed by atoms with Gasteiger partial charge in [0.1, 0.15) is 0 Å². The van der Waals surface area contributed by atoms with Gasteiger partial charge in [0.15, 0.2) is 0 Å². The quantitative estimate of drug-likeness (QED) is 0.660. The van der Waals surface area contributed by atoms with Gasteiger partial charge < -0.3 is 15.3 Å². The van der Waals surface area contributed by atoms with E-state index < -0.39 is 0 Å². The summed E-state index contributed by atoms with van der Waals surface area (Å²) in [6.07, 6.45) is 2.54. The molecular weight excluding hydrogens is 200 g/mol. The molecule has 0 amide bonds. The van der Waals surface area contributed by atoms with Crippen LogP contribution in [0.3, 0.4) is 0 Å². The van der Waals surface area contributed by atoms with Crippen molar-refractivity contribution >= 4 is 0 Å². The molecule has 0 aromatic carbocycles. The first-order valence-electron chi connectivity index (χ1n) is 6.60. The molecule has 1 aliphatic rings. The molecule has 1 unspecified atom stereocenters. The Morgan fingerprint density at radius 2 is 2.06 bits per heavy atom. The zero-order valence-corrected chi connectivity index (χ0v) is 11.3. The number of hydrogen-bond donors (Lipinski definition) is 2. The number of rotatable bonds is 8. The highest BCUT2D eigenvalue weighted by molar-refractivity contribution is 4.94. The van der Waals surface area contributed by atoms with Gasteiger partial charge in [-0.1, -0.05) is 20.8 Å². The largest absolute Gasteiger partial charge is 0.394 e. The zero-order valence-electron chi connectivity index (χ0n) is 11.3. The normalized spacial score (nSPS) is 20.4. The Bertz CT molecular complexity index is 204. The molecule has 1 fully saturated rings. The van der Waals surface area contributed by atoms with Crippen molar-refractivity contribution in [3.63, 3.8) is 0 Å². The molecular formula is C13H28N2O. The average molecular weight is 228 g/mol. The van der Waals surface area contributed by atoms with Gasteiger partial charge >= 0.3 is 0 Å². The number of nitrogens with one attached hydrogen (secondary N) is 1. The maximum atomic E-state index is 9.55. The standard InChI is InChI=1S/C13H28N2O/c1-5-15(8-11(2)3)9-13(4,10-16)14-12-6-7-12/h11-12,14,16H,5-10H2,1-4H3. The molecule has 0 aromatic rings. The van der Waals surface area contributed by atoms with E-state index in [0.29, 0.717) is 12.0 Å². The van der Waals surface area contributed by atoms with Crippen LogP contribution in [0.2, 0.25) is 0 Å². The topological polar surface area (TPSA) is 35.5 Å². The first-order valence-corrected chi connectivity index (χ1v) is 6.60. The van der Waals surface area contributed by atoms with Crippen molar-refractivity contribution in [3.05, 3.63) is 0 Å². The Labute approximate surface area is 100 Å². The minimum atomic E-state index is -0.133. The predicted molar refractivity (Wildman–Crippen MR) is 68.6 cm³/mol. The molecule has 0 aromatic heterocycles. The van der Waals surface area contributed by atoms with E-state index in [2.05, 4.69) is 37.9 Å². The molecule has 1 aliphatic carbocycles. The van der Waals surface area contributed by atoms with Crippen LogP contribution in [0.5, 0.6) is 0 Å². The van der Waals surface area contributed by atoms with E-state index in [1.807, 2.05) is 0 Å². The minimum absolute atomic E-state index is 0.133. The molecule has 2 N–H and O–H groups in total. The molecule has 1 rings (SSSR count). The molecule has 16 heavy (non-hydrogen) atoms. The van der Waals surface area contributed by atoms with E-state index in [-0.39, 0.29) is 12.1 Å². The SMILES string of the molecule is CCN(CC(C)C)CC(C)(CO)NC1CC1. The van der Waals surface area contributed by atoms with Gasteiger partial charge in [-0.3, -0.25) is 0 Å². The molecule has 1 atom stereocenters. The third kappa shape index (κ3) is 4.81. The van der Waals surface area contributed by atoms with Crippen LogP contribution in [-0.2, 0) is 0 Å². The van der Waals surface area contributed by atoms with Crippen molar-refractivity contribution in [2.75, 3.05) is 26.2 Å². The molecule has 0 radical (unpaired) electrons. The lowest BCUT2D eigenvalue weighted by atomic mass is 10.0. The lowest BCUT2D eigenvalue weighted by molar-refractivity contribution is 0.114. The first kappa shape index (κ1) is 13.9. The second kappa shape index (κ2) is 5.99. The van der Waals surface area contributed by atoms with Crippen molar-refractivity contribution in [1.29, 1.82) is 0 Å². The summed E-state index contributed by atoms with van der Waals surface area (Å²) in [6, 6.07) is 0.648. The number of aliphatic hydroxyl groups is 1. The van der Waals surface area contributed by atoms with E-state index in [4.69, 9.17) is 0 Å². The smallest absolute Gasteiger partial charge is 0.0623 e. The summed E-state index contributed by atoms with van der Waals surface area (Å²) in [4.78, 5) is 2.43. The lowest BCUT2D eigenvalue weighted by Gasteiger charge is -2.35. The fourth-order valence-electron chi connectivity index (χ4n) is 2.18. The number of hydrogen-bond acceptors (Lipinski definition) is 3. The summed E-state index contributed by atoms with van der Waals surface area (Å²) in [5, 5.41) is 13.1. The second-order valence-electron chi connectivity index (χ2n) is 5.86. The van der Waals surface area contributed by atoms with Crippen molar-refractivity contribution < 1.29 is 5.11 Å². The van der Waals surface area contributed by atoms with Crippen molar-refractivity contribution in [2.45, 2.75) is 52.1 Å². The fraction of sp³-hybridized carbons (Fsp3) is 1.00. The number of aliphatic hydroxyl groups excluding tert-OH is 1. The molecule has 3 heteroatoms.